The molecule has 0 fully saturated rings. The molecule has 1 aliphatic heterocycles. The summed E-state index contributed by atoms with van der Waals surface area (Å²) < 4.78 is 22.3. The van der Waals surface area contributed by atoms with E-state index < -0.39 is 18.2 Å². The van der Waals surface area contributed by atoms with Gasteiger partial charge in [0.05, 0.1) is 32.6 Å². The van der Waals surface area contributed by atoms with Crippen LogP contribution in [0.5, 0.6) is 11.5 Å². The zero-order valence-electron chi connectivity index (χ0n) is 22.3. The second-order valence-electron chi connectivity index (χ2n) is 9.09. The molecule has 0 saturated carbocycles. The van der Waals surface area contributed by atoms with E-state index in [2.05, 4.69) is 0 Å². The first-order valence-electron chi connectivity index (χ1n) is 12.7. The highest BCUT2D eigenvalue weighted by Crippen LogP contribution is 2.46. The van der Waals surface area contributed by atoms with Crippen molar-refractivity contribution in [1.82, 2.24) is 4.90 Å². The molecule has 0 aromatic heterocycles. The van der Waals surface area contributed by atoms with E-state index >= 15 is 0 Å². The SMILES string of the molecule is CCOC(=O)N1c2cc(OC)c(OC)cc2C(N(Cc2ccccc2)C(=O)OCc2ccccc2)CC1C. The number of rotatable bonds is 8. The van der Waals surface area contributed by atoms with E-state index in [0.29, 0.717) is 30.2 Å². The van der Waals surface area contributed by atoms with Crippen LogP contribution in [0.3, 0.4) is 0 Å². The zero-order valence-corrected chi connectivity index (χ0v) is 22.3. The van der Waals surface area contributed by atoms with E-state index in [1.54, 1.807) is 37.0 Å². The summed E-state index contributed by atoms with van der Waals surface area (Å²) in [5.41, 5.74) is 3.23. The van der Waals surface area contributed by atoms with Crippen molar-refractivity contribution in [3.05, 3.63) is 89.5 Å². The van der Waals surface area contributed by atoms with E-state index in [1.165, 1.54) is 0 Å². The third-order valence-electron chi connectivity index (χ3n) is 6.63. The van der Waals surface area contributed by atoms with Gasteiger partial charge in [-0.3, -0.25) is 9.80 Å². The summed E-state index contributed by atoms with van der Waals surface area (Å²) in [5.74, 6) is 0.988. The van der Waals surface area contributed by atoms with Gasteiger partial charge in [0, 0.05) is 24.2 Å². The van der Waals surface area contributed by atoms with Crippen LogP contribution in [0.4, 0.5) is 15.3 Å². The number of fused-ring (bicyclic) bond motifs is 1. The predicted molar refractivity (Wildman–Crippen MR) is 144 cm³/mol. The molecule has 2 amide bonds. The Morgan fingerprint density at radius 3 is 2.11 bits per heavy atom. The lowest BCUT2D eigenvalue weighted by molar-refractivity contribution is 0.0718. The van der Waals surface area contributed by atoms with E-state index in [9.17, 15) is 9.59 Å². The Labute approximate surface area is 223 Å². The molecule has 2 atom stereocenters. The molecule has 200 valence electrons. The first-order chi connectivity index (χ1) is 18.5. The van der Waals surface area contributed by atoms with Crippen LogP contribution in [0, 0.1) is 0 Å². The quantitative estimate of drug-likeness (QED) is 0.346. The summed E-state index contributed by atoms with van der Waals surface area (Å²) in [7, 11) is 3.11. The van der Waals surface area contributed by atoms with Crippen LogP contribution in [0.1, 0.15) is 43.0 Å². The third-order valence-corrected chi connectivity index (χ3v) is 6.63. The van der Waals surface area contributed by atoms with Crippen molar-refractivity contribution in [2.45, 2.75) is 45.5 Å². The van der Waals surface area contributed by atoms with E-state index in [4.69, 9.17) is 18.9 Å². The van der Waals surface area contributed by atoms with Crippen molar-refractivity contribution >= 4 is 17.9 Å². The fourth-order valence-electron chi connectivity index (χ4n) is 4.80. The third kappa shape index (κ3) is 5.85. The van der Waals surface area contributed by atoms with Crippen LogP contribution in [0.2, 0.25) is 0 Å². The number of benzene rings is 3. The van der Waals surface area contributed by atoms with Gasteiger partial charge in [0.2, 0.25) is 0 Å². The summed E-state index contributed by atoms with van der Waals surface area (Å²) in [6, 6.07) is 22.3. The molecule has 3 aromatic carbocycles. The molecule has 0 radical (unpaired) electrons. The van der Waals surface area contributed by atoms with Crippen molar-refractivity contribution in [3.63, 3.8) is 0 Å². The number of hydrogen-bond acceptors (Lipinski definition) is 6. The van der Waals surface area contributed by atoms with Gasteiger partial charge in [-0.05, 0) is 37.5 Å². The highest BCUT2D eigenvalue weighted by molar-refractivity contribution is 5.91. The Kier molecular flexibility index (Phi) is 8.73. The van der Waals surface area contributed by atoms with E-state index in [-0.39, 0.29) is 19.3 Å². The molecule has 1 aliphatic rings. The molecule has 0 saturated heterocycles. The van der Waals surface area contributed by atoms with Crippen LogP contribution >= 0.6 is 0 Å². The van der Waals surface area contributed by atoms with Crippen LogP contribution < -0.4 is 14.4 Å². The van der Waals surface area contributed by atoms with Crippen LogP contribution in [-0.4, -0.2) is 44.0 Å². The molecule has 0 N–H and O–H groups in total. The van der Waals surface area contributed by atoms with Gasteiger partial charge in [-0.1, -0.05) is 60.7 Å². The Morgan fingerprint density at radius 2 is 1.50 bits per heavy atom. The number of carbonyl (C=O) groups excluding carboxylic acids is 2. The number of anilines is 1. The average molecular weight is 519 g/mol. The maximum absolute atomic E-state index is 13.7. The molecule has 3 aromatic rings. The molecule has 2 unspecified atom stereocenters. The van der Waals surface area contributed by atoms with Crippen LogP contribution in [0.15, 0.2) is 72.8 Å². The second kappa shape index (κ2) is 12.4. The van der Waals surface area contributed by atoms with Gasteiger partial charge in [0.25, 0.3) is 0 Å². The predicted octanol–water partition coefficient (Wildman–Crippen LogP) is 6.34. The number of carbonyl (C=O) groups is 2. The summed E-state index contributed by atoms with van der Waals surface area (Å²) in [5, 5.41) is 0. The smallest absolute Gasteiger partial charge is 0.414 e. The minimum atomic E-state index is -0.451. The largest absolute Gasteiger partial charge is 0.493 e. The number of amides is 2. The number of nitrogens with zero attached hydrogens (tertiary/aromatic N) is 2. The van der Waals surface area contributed by atoms with E-state index in [0.717, 1.165) is 16.7 Å². The van der Waals surface area contributed by atoms with Gasteiger partial charge in [0.15, 0.2) is 11.5 Å². The molecule has 1 heterocycles. The molecule has 0 spiro atoms. The Morgan fingerprint density at radius 1 is 0.895 bits per heavy atom. The van der Waals surface area contributed by atoms with Gasteiger partial charge >= 0.3 is 12.2 Å². The standard InChI is InChI=1S/C30H34N2O6/c1-5-37-30(34)32-21(2)16-25(24-17-27(35-3)28(36-4)18-26(24)32)31(19-22-12-8-6-9-13-22)29(33)38-20-23-14-10-7-11-15-23/h6-15,17-18,21,25H,5,16,19-20H2,1-4H3. The van der Waals surface area contributed by atoms with Crippen molar-refractivity contribution in [2.24, 2.45) is 0 Å². The normalized spacial score (nSPS) is 16.3. The molecule has 8 heteroatoms. The maximum atomic E-state index is 13.7. The van der Waals surface area contributed by atoms with Crippen LogP contribution in [-0.2, 0) is 22.6 Å². The van der Waals surface area contributed by atoms with Gasteiger partial charge in [-0.15, -0.1) is 0 Å². The molecule has 0 bridgehead atoms. The average Bonchev–Trinajstić information content (AvgIpc) is 2.94. The second-order valence-corrected chi connectivity index (χ2v) is 9.09. The van der Waals surface area contributed by atoms with Gasteiger partial charge in [0.1, 0.15) is 6.61 Å². The monoisotopic (exact) mass is 518 g/mol. The number of hydrogen-bond donors (Lipinski definition) is 0. The first-order valence-corrected chi connectivity index (χ1v) is 12.7. The number of methoxy groups -OCH3 is 2. The topological polar surface area (TPSA) is 77.5 Å². The summed E-state index contributed by atoms with van der Waals surface area (Å²) in [6.07, 6.45) is -0.414. The van der Waals surface area contributed by atoms with Crippen molar-refractivity contribution in [2.75, 3.05) is 25.7 Å². The van der Waals surface area contributed by atoms with Gasteiger partial charge < -0.3 is 18.9 Å². The minimum Gasteiger partial charge on any atom is -0.493 e. The molecule has 0 aliphatic carbocycles. The minimum absolute atomic E-state index is 0.154. The lowest BCUT2D eigenvalue weighted by atomic mass is 9.90. The Hall–Kier alpha value is -4.20. The molecule has 8 nitrogen and oxygen atoms in total. The van der Waals surface area contributed by atoms with Crippen molar-refractivity contribution < 1.29 is 28.5 Å². The Balaban J connectivity index is 1.76. The summed E-state index contributed by atoms with van der Waals surface area (Å²) >= 11 is 0. The van der Waals surface area contributed by atoms with Crippen LogP contribution in [0.25, 0.3) is 0 Å². The van der Waals surface area contributed by atoms with Crippen molar-refractivity contribution in [1.29, 1.82) is 0 Å². The van der Waals surface area contributed by atoms with Gasteiger partial charge in [-0.2, -0.15) is 0 Å². The maximum Gasteiger partial charge on any atom is 0.414 e. The van der Waals surface area contributed by atoms with E-state index in [1.807, 2.05) is 73.7 Å². The fraction of sp³-hybridized carbons (Fsp3) is 0.333. The lowest BCUT2D eigenvalue weighted by Gasteiger charge is -2.42. The zero-order chi connectivity index (χ0) is 27.1. The highest BCUT2D eigenvalue weighted by Gasteiger charge is 2.40. The van der Waals surface area contributed by atoms with Crippen molar-refractivity contribution in [3.8, 4) is 11.5 Å². The molecular weight excluding hydrogens is 484 g/mol. The lowest BCUT2D eigenvalue weighted by Crippen LogP contribution is -2.47. The first kappa shape index (κ1) is 26.9. The molecular formula is C30H34N2O6. The Bertz CT molecular complexity index is 1230. The molecule has 38 heavy (non-hydrogen) atoms. The fourth-order valence-corrected chi connectivity index (χ4v) is 4.80. The van der Waals surface area contributed by atoms with Gasteiger partial charge in [-0.25, -0.2) is 9.59 Å². The summed E-state index contributed by atoms with van der Waals surface area (Å²) in [6.45, 7) is 4.45. The highest BCUT2D eigenvalue weighted by atomic mass is 16.6. The summed E-state index contributed by atoms with van der Waals surface area (Å²) in [4.78, 5) is 30.0. The number of ether oxygens (including phenoxy) is 4. The molecule has 4 rings (SSSR count).